The van der Waals surface area contributed by atoms with E-state index in [0.29, 0.717) is 5.92 Å². The van der Waals surface area contributed by atoms with Crippen molar-refractivity contribution in [3.8, 4) is 0 Å². The first kappa shape index (κ1) is 18.9. The van der Waals surface area contributed by atoms with E-state index in [2.05, 4.69) is 51.5 Å². The minimum Gasteiger partial charge on any atom is -0.480 e. The highest BCUT2D eigenvalue weighted by Gasteiger charge is 2.20. The number of nitrogens with one attached hydrogen (secondary N) is 1. The molecule has 4 aromatic rings. The fraction of sp³-hybridized carbons (Fsp3) is 0.333. The Morgan fingerprint density at radius 1 is 1.13 bits per heavy atom. The van der Waals surface area contributed by atoms with Crippen molar-refractivity contribution in [3.05, 3.63) is 66.0 Å². The van der Waals surface area contributed by atoms with Gasteiger partial charge in [-0.3, -0.25) is 14.8 Å². The summed E-state index contributed by atoms with van der Waals surface area (Å²) in [5.74, 6) is -0.147. The van der Waals surface area contributed by atoms with Crippen LogP contribution >= 0.6 is 0 Å². The van der Waals surface area contributed by atoms with Crippen LogP contribution in [0.25, 0.3) is 21.8 Å². The third-order valence-electron chi connectivity index (χ3n) is 6.18. The second-order valence-corrected chi connectivity index (χ2v) is 8.47. The Balaban J connectivity index is 1.25. The van der Waals surface area contributed by atoms with Crippen molar-refractivity contribution < 1.29 is 9.90 Å². The Labute approximate surface area is 175 Å². The van der Waals surface area contributed by atoms with Gasteiger partial charge in [-0.05, 0) is 78.6 Å². The maximum Gasteiger partial charge on any atom is 0.323 e. The molecular weight excluding hydrogens is 376 g/mol. The second kappa shape index (κ2) is 7.95. The Morgan fingerprint density at radius 2 is 2.00 bits per heavy atom. The van der Waals surface area contributed by atoms with E-state index in [9.17, 15) is 4.79 Å². The number of piperidine rings is 1. The lowest BCUT2D eigenvalue weighted by Gasteiger charge is -2.33. The maximum atomic E-state index is 11.0. The molecular formula is C24H26N4O2. The number of hydrogen-bond donors (Lipinski definition) is 2. The summed E-state index contributed by atoms with van der Waals surface area (Å²) in [5.41, 5.74) is 4.75. The number of likely N-dealkylation sites (tertiary alicyclic amines) is 1. The van der Waals surface area contributed by atoms with Crippen LogP contribution in [0.2, 0.25) is 0 Å². The van der Waals surface area contributed by atoms with Gasteiger partial charge in [0.05, 0.1) is 11.7 Å². The Kier molecular flexibility index (Phi) is 5.01. The molecule has 0 aliphatic carbocycles. The Hall–Kier alpha value is -3.12. The van der Waals surface area contributed by atoms with Crippen molar-refractivity contribution in [3.63, 3.8) is 0 Å². The van der Waals surface area contributed by atoms with E-state index in [1.165, 1.54) is 29.4 Å². The van der Waals surface area contributed by atoms with E-state index in [-0.39, 0.29) is 6.54 Å². The van der Waals surface area contributed by atoms with Crippen LogP contribution in [0.5, 0.6) is 0 Å². The summed E-state index contributed by atoms with van der Waals surface area (Å²) in [6.07, 6.45) is 7.36. The first-order valence-corrected chi connectivity index (χ1v) is 10.6. The van der Waals surface area contributed by atoms with Gasteiger partial charge < -0.3 is 9.67 Å². The highest BCUT2D eigenvalue weighted by molar-refractivity contribution is 5.82. The molecule has 1 unspecified atom stereocenters. The zero-order valence-corrected chi connectivity index (χ0v) is 16.9. The molecule has 2 aromatic heterocycles. The fourth-order valence-corrected chi connectivity index (χ4v) is 4.80. The molecule has 2 N–H and O–H groups in total. The number of hydrogen-bond acceptors (Lipinski definition) is 3. The topological polar surface area (TPSA) is 74.2 Å². The zero-order chi connectivity index (χ0) is 20.5. The number of nitrogens with zero attached hydrogens (tertiary/aromatic N) is 3. The normalized spacial score (nSPS) is 17.7. The number of H-pyrrole nitrogens is 1. The molecule has 0 spiro atoms. The van der Waals surface area contributed by atoms with Crippen molar-refractivity contribution in [2.75, 3.05) is 13.1 Å². The van der Waals surface area contributed by atoms with Crippen LogP contribution in [0.4, 0.5) is 0 Å². The van der Waals surface area contributed by atoms with Crippen LogP contribution in [0.3, 0.4) is 0 Å². The molecule has 30 heavy (non-hydrogen) atoms. The minimum atomic E-state index is -0.817. The summed E-state index contributed by atoms with van der Waals surface area (Å²) in [6.45, 7) is 3.19. The summed E-state index contributed by atoms with van der Waals surface area (Å²) in [5, 5.41) is 18.5. The molecule has 1 aliphatic rings. The molecule has 3 heterocycles. The van der Waals surface area contributed by atoms with E-state index < -0.39 is 5.97 Å². The number of carbonyl (C=O) groups is 1. The summed E-state index contributed by atoms with van der Waals surface area (Å²) in [7, 11) is 0. The molecule has 0 amide bonds. The summed E-state index contributed by atoms with van der Waals surface area (Å²) in [4.78, 5) is 13.6. The molecule has 6 nitrogen and oxygen atoms in total. The zero-order valence-electron chi connectivity index (χ0n) is 16.9. The van der Waals surface area contributed by atoms with Crippen molar-refractivity contribution in [1.82, 2.24) is 19.7 Å². The quantitative estimate of drug-likeness (QED) is 0.510. The van der Waals surface area contributed by atoms with Crippen LogP contribution in [0.15, 0.2) is 54.9 Å². The largest absolute Gasteiger partial charge is 0.480 e. The van der Waals surface area contributed by atoms with Crippen LogP contribution in [0.1, 0.15) is 24.0 Å². The van der Waals surface area contributed by atoms with Crippen molar-refractivity contribution in [2.24, 2.45) is 5.92 Å². The van der Waals surface area contributed by atoms with Crippen molar-refractivity contribution in [2.45, 2.75) is 32.4 Å². The van der Waals surface area contributed by atoms with E-state index in [1.807, 2.05) is 18.5 Å². The molecule has 6 heteroatoms. The summed E-state index contributed by atoms with van der Waals surface area (Å²) < 4.78 is 1.79. The van der Waals surface area contributed by atoms with Gasteiger partial charge in [0.2, 0.25) is 0 Å². The lowest BCUT2D eigenvalue weighted by Crippen LogP contribution is -2.35. The Morgan fingerprint density at radius 3 is 2.90 bits per heavy atom. The highest BCUT2D eigenvalue weighted by Crippen LogP contribution is 2.25. The van der Waals surface area contributed by atoms with Crippen LogP contribution in [-0.4, -0.2) is 43.8 Å². The fourth-order valence-electron chi connectivity index (χ4n) is 4.80. The van der Waals surface area contributed by atoms with Gasteiger partial charge in [0.1, 0.15) is 6.54 Å². The van der Waals surface area contributed by atoms with E-state index in [0.717, 1.165) is 42.5 Å². The molecule has 0 bridgehead atoms. The molecule has 5 rings (SSSR count). The minimum absolute atomic E-state index is 0.00125. The molecule has 1 fully saturated rings. The monoisotopic (exact) mass is 402 g/mol. The van der Waals surface area contributed by atoms with Gasteiger partial charge in [0, 0.05) is 30.2 Å². The number of aromatic nitrogens is 3. The predicted molar refractivity (Wildman–Crippen MR) is 117 cm³/mol. The number of carboxylic acid groups (broad SMARTS) is 1. The number of fused-ring (bicyclic) bond motifs is 2. The molecule has 1 saturated heterocycles. The standard InChI is InChI=1S/C24H26N4O2/c29-24(30)16-28-9-7-20-12-19(4-6-23(20)28)15-27-8-1-2-18(14-27)10-17-3-5-22-21(11-17)13-25-26-22/h3-7,9,11-13,18H,1-2,8,10,14-16H2,(H,25,26)(H,29,30). The van der Waals surface area contributed by atoms with Crippen LogP contribution in [0, 0.1) is 5.92 Å². The van der Waals surface area contributed by atoms with Crippen molar-refractivity contribution >= 4 is 27.8 Å². The number of aliphatic carboxylic acids is 1. The lowest BCUT2D eigenvalue weighted by atomic mass is 9.90. The van der Waals surface area contributed by atoms with Gasteiger partial charge in [-0.1, -0.05) is 12.1 Å². The van der Waals surface area contributed by atoms with Crippen LogP contribution < -0.4 is 0 Å². The number of rotatable bonds is 6. The summed E-state index contributed by atoms with van der Waals surface area (Å²) in [6, 6.07) is 15.0. The first-order valence-electron chi connectivity index (χ1n) is 10.6. The third-order valence-corrected chi connectivity index (χ3v) is 6.18. The van der Waals surface area contributed by atoms with E-state index in [4.69, 9.17) is 5.11 Å². The number of aromatic amines is 1. The summed E-state index contributed by atoms with van der Waals surface area (Å²) >= 11 is 0. The number of carboxylic acids is 1. The third kappa shape index (κ3) is 3.96. The molecule has 0 saturated carbocycles. The Bertz CT molecular complexity index is 1190. The van der Waals surface area contributed by atoms with Crippen LogP contribution in [-0.2, 0) is 24.3 Å². The van der Waals surface area contributed by atoms with Gasteiger partial charge in [-0.25, -0.2) is 0 Å². The predicted octanol–water partition coefficient (Wildman–Crippen LogP) is 4.06. The molecule has 1 aliphatic heterocycles. The van der Waals surface area contributed by atoms with Gasteiger partial charge in [0.25, 0.3) is 0 Å². The SMILES string of the molecule is O=C(O)Cn1ccc2cc(CN3CCCC(Cc4ccc5[nH]ncc5c4)C3)ccc21. The average molecular weight is 402 g/mol. The van der Waals surface area contributed by atoms with Gasteiger partial charge in [-0.2, -0.15) is 5.10 Å². The van der Waals surface area contributed by atoms with Crippen molar-refractivity contribution in [1.29, 1.82) is 0 Å². The molecule has 154 valence electrons. The number of benzene rings is 2. The highest BCUT2D eigenvalue weighted by atomic mass is 16.4. The lowest BCUT2D eigenvalue weighted by molar-refractivity contribution is -0.137. The van der Waals surface area contributed by atoms with Gasteiger partial charge >= 0.3 is 5.97 Å². The van der Waals surface area contributed by atoms with Gasteiger partial charge in [0.15, 0.2) is 0 Å². The van der Waals surface area contributed by atoms with E-state index in [1.54, 1.807) is 4.57 Å². The van der Waals surface area contributed by atoms with E-state index >= 15 is 0 Å². The average Bonchev–Trinajstić information content (AvgIpc) is 3.34. The molecule has 0 radical (unpaired) electrons. The molecule has 2 aromatic carbocycles. The smallest absolute Gasteiger partial charge is 0.323 e. The second-order valence-electron chi connectivity index (χ2n) is 8.47. The molecule has 1 atom stereocenters. The first-order chi connectivity index (χ1) is 14.6. The maximum absolute atomic E-state index is 11.0. The van der Waals surface area contributed by atoms with Gasteiger partial charge in [-0.15, -0.1) is 0 Å².